The predicted octanol–water partition coefficient (Wildman–Crippen LogP) is 4.13. The number of hydrogen-bond acceptors (Lipinski definition) is 4. The Morgan fingerprint density at radius 1 is 1.19 bits per heavy atom. The number of piperidine rings is 1. The topological polar surface area (TPSA) is 59.8 Å². The summed E-state index contributed by atoms with van der Waals surface area (Å²) in [6.45, 7) is 0.387. The van der Waals surface area contributed by atoms with Crippen LogP contribution in [-0.4, -0.2) is 36.5 Å². The molecule has 2 heterocycles. The first-order valence-corrected chi connectivity index (χ1v) is 8.47. The lowest BCUT2D eigenvalue weighted by Gasteiger charge is -2.33. The van der Waals surface area contributed by atoms with Gasteiger partial charge in [-0.1, -0.05) is 12.1 Å². The lowest BCUT2D eigenvalue weighted by molar-refractivity contribution is -0.147. The highest BCUT2D eigenvalue weighted by molar-refractivity contribution is 5.95. The summed E-state index contributed by atoms with van der Waals surface area (Å²) in [5.74, 6) is -0.856. The quantitative estimate of drug-likeness (QED) is 0.750. The van der Waals surface area contributed by atoms with Crippen molar-refractivity contribution in [3.63, 3.8) is 0 Å². The third kappa shape index (κ3) is 3.99. The minimum atomic E-state index is -4.47. The van der Waals surface area contributed by atoms with Crippen LogP contribution < -0.4 is 0 Å². The zero-order valence-electron chi connectivity index (χ0n) is 14.6. The summed E-state index contributed by atoms with van der Waals surface area (Å²) < 4.78 is 48.9. The third-order valence-electron chi connectivity index (χ3n) is 4.53. The van der Waals surface area contributed by atoms with Crippen LogP contribution in [0.2, 0.25) is 0 Å². The van der Waals surface area contributed by atoms with Crippen LogP contribution in [0.15, 0.2) is 40.8 Å². The maximum Gasteiger partial charge on any atom is 0.416 e. The van der Waals surface area contributed by atoms with Crippen LogP contribution in [0.4, 0.5) is 13.2 Å². The van der Waals surface area contributed by atoms with Crippen molar-refractivity contribution < 1.29 is 31.9 Å². The average Bonchev–Trinajstić information content (AvgIpc) is 3.16. The van der Waals surface area contributed by atoms with Crippen molar-refractivity contribution in [1.82, 2.24) is 4.90 Å². The normalized spacial score (nSPS) is 17.6. The van der Waals surface area contributed by atoms with Crippen molar-refractivity contribution in [2.75, 3.05) is 13.7 Å². The van der Waals surface area contributed by atoms with E-state index in [9.17, 15) is 22.8 Å². The molecule has 1 fully saturated rings. The van der Waals surface area contributed by atoms with Crippen LogP contribution in [-0.2, 0) is 15.7 Å². The molecule has 1 aromatic carbocycles. The van der Waals surface area contributed by atoms with E-state index in [2.05, 4.69) is 0 Å². The molecule has 1 unspecified atom stereocenters. The second kappa shape index (κ2) is 7.46. The molecule has 1 amide bonds. The van der Waals surface area contributed by atoms with E-state index in [0.29, 0.717) is 13.0 Å². The zero-order valence-corrected chi connectivity index (χ0v) is 14.6. The van der Waals surface area contributed by atoms with E-state index in [4.69, 9.17) is 9.15 Å². The highest BCUT2D eigenvalue weighted by atomic mass is 19.4. The number of halogens is 3. The van der Waals surface area contributed by atoms with E-state index >= 15 is 0 Å². The maximum atomic E-state index is 12.9. The number of nitrogens with zero attached hydrogens (tertiary/aromatic N) is 1. The highest BCUT2D eigenvalue weighted by Gasteiger charge is 2.35. The van der Waals surface area contributed by atoms with Crippen molar-refractivity contribution in [2.24, 2.45) is 0 Å². The molecule has 0 spiro atoms. The number of ether oxygens (including phenoxy) is 1. The smallest absolute Gasteiger partial charge is 0.416 e. The molecule has 0 bridgehead atoms. The summed E-state index contributed by atoms with van der Waals surface area (Å²) in [6.07, 6.45) is -2.42. The first kappa shape index (κ1) is 19.0. The van der Waals surface area contributed by atoms with Crippen molar-refractivity contribution in [3.05, 3.63) is 47.7 Å². The van der Waals surface area contributed by atoms with E-state index in [1.165, 1.54) is 36.3 Å². The summed E-state index contributed by atoms with van der Waals surface area (Å²) in [5, 5.41) is 0. The number of rotatable bonds is 3. The molecule has 8 heteroatoms. The molecule has 5 nitrogen and oxygen atoms in total. The first-order chi connectivity index (χ1) is 12.8. The second-order valence-electron chi connectivity index (χ2n) is 6.28. The first-order valence-electron chi connectivity index (χ1n) is 8.47. The fourth-order valence-electron chi connectivity index (χ4n) is 3.15. The third-order valence-corrected chi connectivity index (χ3v) is 4.53. The largest absolute Gasteiger partial charge is 0.467 e. The number of methoxy groups -OCH3 is 1. The number of likely N-dealkylation sites (tertiary alicyclic amines) is 1. The molecule has 1 atom stereocenters. The van der Waals surface area contributed by atoms with E-state index in [-0.39, 0.29) is 17.1 Å². The number of esters is 1. The van der Waals surface area contributed by atoms with Gasteiger partial charge in [-0.25, -0.2) is 4.79 Å². The van der Waals surface area contributed by atoms with Gasteiger partial charge in [-0.2, -0.15) is 13.2 Å². The van der Waals surface area contributed by atoms with Gasteiger partial charge in [0.25, 0.3) is 5.91 Å². The summed E-state index contributed by atoms with van der Waals surface area (Å²) in [4.78, 5) is 26.1. The average molecular weight is 381 g/mol. The minimum Gasteiger partial charge on any atom is -0.467 e. The molecule has 0 radical (unpaired) electrons. The molecule has 2 aromatic rings. The second-order valence-corrected chi connectivity index (χ2v) is 6.28. The van der Waals surface area contributed by atoms with E-state index in [0.717, 1.165) is 25.0 Å². The molecule has 0 aliphatic carbocycles. The Morgan fingerprint density at radius 2 is 1.96 bits per heavy atom. The van der Waals surface area contributed by atoms with Gasteiger partial charge >= 0.3 is 12.1 Å². The van der Waals surface area contributed by atoms with E-state index in [1.807, 2.05) is 0 Å². The van der Waals surface area contributed by atoms with Gasteiger partial charge in [-0.15, -0.1) is 0 Å². The van der Waals surface area contributed by atoms with Gasteiger partial charge in [0.05, 0.1) is 12.7 Å². The molecule has 1 aromatic heterocycles. The number of hydrogen-bond donors (Lipinski definition) is 0. The van der Waals surface area contributed by atoms with Crippen molar-refractivity contribution in [1.29, 1.82) is 0 Å². The molecule has 0 N–H and O–H groups in total. The number of amides is 1. The van der Waals surface area contributed by atoms with Gasteiger partial charge in [0, 0.05) is 12.1 Å². The predicted molar refractivity (Wildman–Crippen MR) is 89.8 cm³/mol. The Bertz CT molecular complexity index is 843. The fraction of sp³-hybridized carbons (Fsp3) is 0.368. The Balaban J connectivity index is 1.85. The Hall–Kier alpha value is -2.77. The van der Waals surface area contributed by atoms with Crippen LogP contribution in [0, 0.1) is 0 Å². The van der Waals surface area contributed by atoms with Crippen LogP contribution in [0.5, 0.6) is 0 Å². The number of carbonyl (C=O) groups is 2. The fourth-order valence-corrected chi connectivity index (χ4v) is 3.15. The summed E-state index contributed by atoms with van der Waals surface area (Å²) >= 11 is 0. The molecule has 1 aliphatic heterocycles. The Labute approximate surface area is 153 Å². The molecule has 1 aliphatic rings. The Morgan fingerprint density at radius 3 is 2.67 bits per heavy atom. The number of carbonyl (C=O) groups excluding carboxylic acids is 2. The van der Waals surface area contributed by atoms with Crippen LogP contribution in [0.25, 0.3) is 11.3 Å². The molecule has 1 saturated heterocycles. The lowest BCUT2D eigenvalue weighted by Crippen LogP contribution is -2.48. The number of furan rings is 1. The van der Waals surface area contributed by atoms with E-state index in [1.54, 1.807) is 0 Å². The van der Waals surface area contributed by atoms with Crippen molar-refractivity contribution in [2.45, 2.75) is 31.5 Å². The molecule has 0 saturated carbocycles. The van der Waals surface area contributed by atoms with Gasteiger partial charge in [0.1, 0.15) is 11.8 Å². The summed E-state index contributed by atoms with van der Waals surface area (Å²) in [6, 6.07) is 6.85. The van der Waals surface area contributed by atoms with Gasteiger partial charge in [-0.3, -0.25) is 4.79 Å². The minimum absolute atomic E-state index is 0.0294. The van der Waals surface area contributed by atoms with Gasteiger partial charge < -0.3 is 14.1 Å². The maximum absolute atomic E-state index is 12.9. The van der Waals surface area contributed by atoms with Crippen LogP contribution >= 0.6 is 0 Å². The summed E-state index contributed by atoms with van der Waals surface area (Å²) in [5.41, 5.74) is -0.585. The van der Waals surface area contributed by atoms with E-state index < -0.39 is 29.7 Å². The van der Waals surface area contributed by atoms with Gasteiger partial charge in [-0.05, 0) is 43.5 Å². The van der Waals surface area contributed by atoms with Crippen molar-refractivity contribution in [3.8, 4) is 11.3 Å². The molecule has 144 valence electrons. The molecule has 3 rings (SSSR count). The van der Waals surface area contributed by atoms with Crippen LogP contribution in [0.3, 0.4) is 0 Å². The van der Waals surface area contributed by atoms with Gasteiger partial charge in [0.15, 0.2) is 5.76 Å². The number of benzene rings is 1. The Kier molecular flexibility index (Phi) is 5.25. The molecular weight excluding hydrogens is 363 g/mol. The van der Waals surface area contributed by atoms with Gasteiger partial charge in [0.2, 0.25) is 0 Å². The SMILES string of the molecule is COC(=O)C1CCCCN1C(=O)c1ccc(-c2cccc(C(F)(F)F)c2)o1. The standard InChI is InChI=1S/C19H18F3NO4/c1-26-18(25)14-7-2-3-10-23(14)17(24)16-9-8-15(27-16)12-5-4-6-13(11-12)19(20,21)22/h4-6,8-9,11,14H,2-3,7,10H2,1H3. The highest BCUT2D eigenvalue weighted by Crippen LogP contribution is 2.33. The summed E-state index contributed by atoms with van der Waals surface area (Å²) in [7, 11) is 1.26. The van der Waals surface area contributed by atoms with Crippen LogP contribution in [0.1, 0.15) is 35.4 Å². The lowest BCUT2D eigenvalue weighted by atomic mass is 10.0. The monoisotopic (exact) mass is 381 g/mol. The zero-order chi connectivity index (χ0) is 19.6. The number of alkyl halides is 3. The molecular formula is C19H18F3NO4. The van der Waals surface area contributed by atoms with Crippen molar-refractivity contribution >= 4 is 11.9 Å². The molecule has 27 heavy (non-hydrogen) atoms.